The molecule has 1 aromatic rings. The second-order valence-corrected chi connectivity index (χ2v) is 5.95. The highest BCUT2D eigenvalue weighted by atomic mass is 16.5. The van der Waals surface area contributed by atoms with Gasteiger partial charge < -0.3 is 15.0 Å². The van der Waals surface area contributed by atoms with E-state index in [9.17, 15) is 0 Å². The van der Waals surface area contributed by atoms with Crippen molar-refractivity contribution in [3.8, 4) is 0 Å². The lowest BCUT2D eigenvalue weighted by Gasteiger charge is -2.28. The Morgan fingerprint density at radius 1 is 1.45 bits per heavy atom. The van der Waals surface area contributed by atoms with Crippen molar-refractivity contribution in [2.75, 3.05) is 25.7 Å². The van der Waals surface area contributed by atoms with Gasteiger partial charge in [0.25, 0.3) is 0 Å². The van der Waals surface area contributed by atoms with Crippen molar-refractivity contribution in [1.29, 1.82) is 0 Å². The molecule has 1 unspecified atom stereocenters. The van der Waals surface area contributed by atoms with Crippen LogP contribution in [0.3, 0.4) is 0 Å². The Morgan fingerprint density at radius 3 is 2.75 bits per heavy atom. The number of hydrogen-bond donors (Lipinski definition) is 1. The second kappa shape index (κ2) is 6.55. The number of aryl methyl sites for hydroxylation is 2. The number of anilines is 1. The van der Waals surface area contributed by atoms with Crippen LogP contribution in [0.5, 0.6) is 0 Å². The minimum absolute atomic E-state index is 0.313. The largest absolute Gasteiger partial charge is 0.383 e. The maximum atomic E-state index is 5.27. The zero-order chi connectivity index (χ0) is 14.7. The summed E-state index contributed by atoms with van der Waals surface area (Å²) in [6.45, 7) is 8.02. The molecule has 1 aliphatic carbocycles. The summed E-state index contributed by atoms with van der Waals surface area (Å²) >= 11 is 0. The van der Waals surface area contributed by atoms with E-state index in [0.717, 1.165) is 18.1 Å². The van der Waals surface area contributed by atoms with Gasteiger partial charge in [-0.2, -0.15) is 0 Å². The molecule has 0 aliphatic heterocycles. The quantitative estimate of drug-likeness (QED) is 0.830. The van der Waals surface area contributed by atoms with E-state index in [-0.39, 0.29) is 0 Å². The summed E-state index contributed by atoms with van der Waals surface area (Å²) < 4.78 is 5.27. The average Bonchev–Trinajstić information content (AvgIpc) is 3.20. The van der Waals surface area contributed by atoms with Gasteiger partial charge in [0.2, 0.25) is 0 Å². The summed E-state index contributed by atoms with van der Waals surface area (Å²) in [5.74, 6) is 1.08. The van der Waals surface area contributed by atoms with E-state index in [0.29, 0.717) is 18.7 Å². The topological polar surface area (TPSA) is 37.4 Å². The molecule has 2 rings (SSSR count). The molecule has 1 heterocycles. The molecule has 1 aliphatic rings. The number of pyridine rings is 1. The van der Waals surface area contributed by atoms with Gasteiger partial charge in [-0.05, 0) is 45.2 Å². The van der Waals surface area contributed by atoms with Crippen LogP contribution < -0.4 is 10.2 Å². The molecule has 1 atom stereocenters. The molecular weight excluding hydrogens is 250 g/mol. The number of methoxy groups -OCH3 is 1. The first-order valence-corrected chi connectivity index (χ1v) is 7.45. The Bertz CT molecular complexity index is 457. The van der Waals surface area contributed by atoms with E-state index in [4.69, 9.17) is 9.72 Å². The summed E-state index contributed by atoms with van der Waals surface area (Å²) in [4.78, 5) is 7.00. The Labute approximate surface area is 122 Å². The zero-order valence-corrected chi connectivity index (χ0v) is 13.4. The predicted octanol–water partition coefficient (Wildman–Crippen LogP) is 2.42. The van der Waals surface area contributed by atoms with Crippen LogP contribution in [0.1, 0.15) is 36.6 Å². The first-order chi connectivity index (χ1) is 9.52. The highest BCUT2D eigenvalue weighted by Crippen LogP contribution is 2.25. The molecule has 1 fully saturated rings. The van der Waals surface area contributed by atoms with Gasteiger partial charge in [0, 0.05) is 38.0 Å². The lowest BCUT2D eigenvalue weighted by atomic mass is 10.1. The van der Waals surface area contributed by atoms with Crippen molar-refractivity contribution in [2.24, 2.45) is 0 Å². The van der Waals surface area contributed by atoms with E-state index in [2.05, 4.69) is 44.1 Å². The third kappa shape index (κ3) is 3.70. The molecule has 1 aromatic heterocycles. The molecule has 4 nitrogen and oxygen atoms in total. The van der Waals surface area contributed by atoms with Crippen molar-refractivity contribution in [2.45, 2.75) is 52.2 Å². The molecule has 112 valence electrons. The fraction of sp³-hybridized carbons (Fsp3) is 0.688. The minimum Gasteiger partial charge on any atom is -0.383 e. The lowest BCUT2D eigenvalue weighted by Crippen LogP contribution is -2.35. The molecule has 0 amide bonds. The van der Waals surface area contributed by atoms with E-state index >= 15 is 0 Å². The maximum Gasteiger partial charge on any atom is 0.133 e. The average molecular weight is 277 g/mol. The molecule has 0 bridgehead atoms. The summed E-state index contributed by atoms with van der Waals surface area (Å²) in [6.07, 6.45) is 2.62. The fourth-order valence-corrected chi connectivity index (χ4v) is 2.45. The molecule has 0 spiro atoms. The smallest absolute Gasteiger partial charge is 0.133 e. The van der Waals surface area contributed by atoms with Crippen LogP contribution in [0.2, 0.25) is 0 Å². The summed E-state index contributed by atoms with van der Waals surface area (Å²) in [5.41, 5.74) is 3.70. The van der Waals surface area contributed by atoms with Crippen molar-refractivity contribution < 1.29 is 4.74 Å². The molecular formula is C16H27N3O. The monoisotopic (exact) mass is 277 g/mol. The van der Waals surface area contributed by atoms with Crippen LogP contribution in [0.4, 0.5) is 5.82 Å². The van der Waals surface area contributed by atoms with E-state index in [1.807, 2.05) is 0 Å². The van der Waals surface area contributed by atoms with Crippen LogP contribution in [-0.4, -0.2) is 37.8 Å². The number of nitrogens with one attached hydrogen (secondary N) is 1. The normalized spacial score (nSPS) is 16.2. The molecule has 0 radical (unpaired) electrons. The van der Waals surface area contributed by atoms with Gasteiger partial charge in [0.15, 0.2) is 0 Å². The van der Waals surface area contributed by atoms with Crippen LogP contribution in [0, 0.1) is 13.8 Å². The van der Waals surface area contributed by atoms with E-state index < -0.39 is 0 Å². The van der Waals surface area contributed by atoms with Gasteiger partial charge in [-0.25, -0.2) is 4.98 Å². The SMILES string of the molecule is COCC(C)N(C)c1nc(C)cc(C)c1CNC1CC1. The van der Waals surface area contributed by atoms with Crippen LogP contribution in [0.25, 0.3) is 0 Å². The Hall–Kier alpha value is -1.13. The summed E-state index contributed by atoms with van der Waals surface area (Å²) in [5, 5.41) is 3.60. The van der Waals surface area contributed by atoms with Gasteiger partial charge in [0.1, 0.15) is 5.82 Å². The fourth-order valence-electron chi connectivity index (χ4n) is 2.45. The van der Waals surface area contributed by atoms with Crippen molar-refractivity contribution in [3.05, 3.63) is 22.9 Å². The number of rotatable bonds is 7. The van der Waals surface area contributed by atoms with E-state index in [1.165, 1.54) is 24.0 Å². The standard InChI is InChI=1S/C16H27N3O/c1-11-8-12(2)18-16(19(4)13(3)10-20-5)15(11)9-17-14-6-7-14/h8,13-14,17H,6-7,9-10H2,1-5H3. The van der Waals surface area contributed by atoms with Crippen LogP contribution in [-0.2, 0) is 11.3 Å². The number of nitrogens with zero attached hydrogens (tertiary/aromatic N) is 2. The number of hydrogen-bond acceptors (Lipinski definition) is 4. The highest BCUT2D eigenvalue weighted by Gasteiger charge is 2.23. The summed E-state index contributed by atoms with van der Waals surface area (Å²) in [6, 6.07) is 3.20. The Balaban J connectivity index is 2.22. The second-order valence-electron chi connectivity index (χ2n) is 5.95. The molecule has 4 heteroatoms. The van der Waals surface area contributed by atoms with Crippen molar-refractivity contribution in [3.63, 3.8) is 0 Å². The van der Waals surface area contributed by atoms with Crippen molar-refractivity contribution in [1.82, 2.24) is 10.3 Å². The van der Waals surface area contributed by atoms with Crippen LogP contribution >= 0.6 is 0 Å². The first-order valence-electron chi connectivity index (χ1n) is 7.45. The number of ether oxygens (including phenoxy) is 1. The molecule has 1 N–H and O–H groups in total. The Kier molecular flexibility index (Phi) is 5.00. The minimum atomic E-state index is 0.313. The predicted molar refractivity (Wildman–Crippen MR) is 83.3 cm³/mol. The van der Waals surface area contributed by atoms with Gasteiger partial charge >= 0.3 is 0 Å². The van der Waals surface area contributed by atoms with Gasteiger partial charge in [-0.3, -0.25) is 0 Å². The maximum absolute atomic E-state index is 5.27. The molecule has 1 saturated carbocycles. The van der Waals surface area contributed by atoms with Gasteiger partial charge in [0.05, 0.1) is 12.6 Å². The highest BCUT2D eigenvalue weighted by molar-refractivity contribution is 5.51. The van der Waals surface area contributed by atoms with Crippen molar-refractivity contribution >= 4 is 5.82 Å². The zero-order valence-electron chi connectivity index (χ0n) is 13.4. The third-order valence-corrected chi connectivity index (χ3v) is 4.00. The lowest BCUT2D eigenvalue weighted by molar-refractivity contribution is 0.183. The first kappa shape index (κ1) is 15.3. The number of likely N-dealkylation sites (N-methyl/N-ethyl adjacent to an activating group) is 1. The molecule has 20 heavy (non-hydrogen) atoms. The third-order valence-electron chi connectivity index (χ3n) is 4.00. The van der Waals surface area contributed by atoms with Crippen LogP contribution in [0.15, 0.2) is 6.07 Å². The van der Waals surface area contributed by atoms with Gasteiger partial charge in [-0.1, -0.05) is 0 Å². The molecule has 0 saturated heterocycles. The van der Waals surface area contributed by atoms with E-state index in [1.54, 1.807) is 7.11 Å². The Morgan fingerprint density at radius 2 is 2.15 bits per heavy atom. The number of aromatic nitrogens is 1. The summed E-state index contributed by atoms with van der Waals surface area (Å²) in [7, 11) is 3.85. The van der Waals surface area contributed by atoms with Gasteiger partial charge in [-0.15, -0.1) is 0 Å². The molecule has 0 aromatic carbocycles.